The number of fused-ring (bicyclic) bond motifs is 1. The van der Waals surface area contributed by atoms with Crippen LogP contribution < -0.4 is 10.9 Å². The number of aromatic amines is 1. The maximum absolute atomic E-state index is 12.9. The molecule has 1 amide bonds. The van der Waals surface area contributed by atoms with E-state index in [-0.39, 0.29) is 29.2 Å². The van der Waals surface area contributed by atoms with Gasteiger partial charge in [0.05, 0.1) is 11.1 Å². The number of nitrogens with zero attached hydrogens (tertiary/aromatic N) is 1. The number of anilines is 1. The van der Waals surface area contributed by atoms with Gasteiger partial charge in [-0.2, -0.15) is 0 Å². The standard InChI is InChI=1S/C30H31N3O3/c34-28(25-12-7-17-33(30(25)36)20-22-9-2-1-3-10-22)13-5-4-8-21-14-15-24-26(19-23-11-6-16-31-23)29(35)32-27(24)18-21/h4,6-8,11-12,14-19,22,31H,1-3,5,9-10,13,20H2,(H,32,35)/b8-4+,26-19-. The van der Waals surface area contributed by atoms with Crippen molar-refractivity contribution in [2.75, 3.05) is 5.32 Å². The molecule has 6 nitrogen and oxygen atoms in total. The zero-order valence-corrected chi connectivity index (χ0v) is 20.3. The first-order chi connectivity index (χ1) is 17.6. The van der Waals surface area contributed by atoms with Crippen molar-refractivity contribution in [2.45, 2.75) is 51.5 Å². The molecule has 6 heteroatoms. The third-order valence-corrected chi connectivity index (χ3v) is 7.10. The first-order valence-electron chi connectivity index (χ1n) is 12.8. The number of pyridine rings is 1. The number of aromatic nitrogens is 2. The number of rotatable bonds is 8. The van der Waals surface area contributed by atoms with Crippen molar-refractivity contribution in [3.63, 3.8) is 0 Å². The molecular weight excluding hydrogens is 450 g/mol. The summed E-state index contributed by atoms with van der Waals surface area (Å²) in [4.78, 5) is 41.2. The molecule has 0 spiro atoms. The number of Topliss-reactive ketones (excluding diaryl/α,β-unsaturated/α-hetero) is 1. The van der Waals surface area contributed by atoms with Crippen LogP contribution >= 0.6 is 0 Å². The van der Waals surface area contributed by atoms with E-state index in [1.54, 1.807) is 16.8 Å². The van der Waals surface area contributed by atoms with Gasteiger partial charge in [0, 0.05) is 42.3 Å². The quantitative estimate of drug-likeness (QED) is 0.309. The highest BCUT2D eigenvalue weighted by atomic mass is 16.2. The number of hydrogen-bond acceptors (Lipinski definition) is 3. The van der Waals surface area contributed by atoms with Gasteiger partial charge >= 0.3 is 0 Å². The Labute approximate surface area is 210 Å². The van der Waals surface area contributed by atoms with Gasteiger partial charge in [0.15, 0.2) is 5.78 Å². The molecule has 0 unspecified atom stereocenters. The van der Waals surface area contributed by atoms with Gasteiger partial charge in [-0.3, -0.25) is 14.4 Å². The number of hydrogen-bond donors (Lipinski definition) is 2. The van der Waals surface area contributed by atoms with Crippen LogP contribution in [-0.4, -0.2) is 21.2 Å². The van der Waals surface area contributed by atoms with E-state index in [0.29, 0.717) is 24.5 Å². The van der Waals surface area contributed by atoms with Crippen molar-refractivity contribution in [1.29, 1.82) is 0 Å². The van der Waals surface area contributed by atoms with Gasteiger partial charge in [-0.05, 0) is 67.2 Å². The summed E-state index contributed by atoms with van der Waals surface area (Å²) in [6.07, 6.45) is 16.2. The summed E-state index contributed by atoms with van der Waals surface area (Å²) in [6, 6.07) is 13.1. The Morgan fingerprint density at radius 2 is 1.92 bits per heavy atom. The van der Waals surface area contributed by atoms with Crippen molar-refractivity contribution in [2.24, 2.45) is 5.92 Å². The monoisotopic (exact) mass is 481 g/mol. The SMILES string of the molecule is O=C1Nc2cc(/C=C/CCC(=O)c3cccn(CC4CCCCC4)c3=O)ccc2/C1=C/c1ccc[nH]1. The molecule has 2 N–H and O–H groups in total. The third kappa shape index (κ3) is 5.33. The number of allylic oxidation sites excluding steroid dienone is 1. The number of benzene rings is 1. The fraction of sp³-hybridized carbons (Fsp3) is 0.300. The largest absolute Gasteiger partial charge is 0.362 e. The number of nitrogens with one attached hydrogen (secondary N) is 2. The molecule has 1 aliphatic carbocycles. The second-order valence-corrected chi connectivity index (χ2v) is 9.69. The van der Waals surface area contributed by atoms with E-state index in [0.717, 1.165) is 35.3 Å². The minimum absolute atomic E-state index is 0.122. The van der Waals surface area contributed by atoms with Gasteiger partial charge in [-0.15, -0.1) is 0 Å². The summed E-state index contributed by atoms with van der Waals surface area (Å²) >= 11 is 0. The lowest BCUT2D eigenvalue weighted by molar-refractivity contribution is -0.110. The topological polar surface area (TPSA) is 84.0 Å². The van der Waals surface area contributed by atoms with Crippen LogP contribution in [0.4, 0.5) is 5.69 Å². The number of carbonyl (C=O) groups is 2. The van der Waals surface area contributed by atoms with E-state index in [1.165, 1.54) is 19.3 Å². The average molecular weight is 482 g/mol. The molecule has 0 radical (unpaired) electrons. The summed E-state index contributed by atoms with van der Waals surface area (Å²) in [5, 5.41) is 2.92. The van der Waals surface area contributed by atoms with Crippen molar-refractivity contribution >= 4 is 35.1 Å². The molecule has 5 rings (SSSR count). The zero-order valence-electron chi connectivity index (χ0n) is 20.3. The normalized spacial score (nSPS) is 17.0. The number of amides is 1. The predicted octanol–water partition coefficient (Wildman–Crippen LogP) is 5.93. The van der Waals surface area contributed by atoms with Crippen molar-refractivity contribution in [3.05, 3.63) is 93.7 Å². The van der Waals surface area contributed by atoms with Gasteiger partial charge < -0.3 is 14.9 Å². The smallest absolute Gasteiger partial charge is 0.261 e. The molecule has 2 aromatic heterocycles. The van der Waals surface area contributed by atoms with Gasteiger partial charge in [0.25, 0.3) is 11.5 Å². The Morgan fingerprint density at radius 3 is 2.72 bits per heavy atom. The van der Waals surface area contributed by atoms with Crippen molar-refractivity contribution < 1.29 is 9.59 Å². The van der Waals surface area contributed by atoms with Crippen LogP contribution in [0.2, 0.25) is 0 Å². The molecule has 0 saturated heterocycles. The zero-order chi connectivity index (χ0) is 24.9. The Bertz CT molecular complexity index is 1370. The Morgan fingerprint density at radius 1 is 1.06 bits per heavy atom. The third-order valence-electron chi connectivity index (χ3n) is 7.10. The van der Waals surface area contributed by atoms with Crippen LogP contribution in [0.1, 0.15) is 72.1 Å². The molecule has 1 aliphatic heterocycles. The van der Waals surface area contributed by atoms with E-state index in [4.69, 9.17) is 0 Å². The highest BCUT2D eigenvalue weighted by Crippen LogP contribution is 2.34. The number of H-pyrrole nitrogens is 1. The summed E-state index contributed by atoms with van der Waals surface area (Å²) in [5.74, 6) is 0.285. The lowest BCUT2D eigenvalue weighted by Crippen LogP contribution is -2.28. The number of ketones is 1. The van der Waals surface area contributed by atoms with Crippen LogP contribution in [-0.2, 0) is 11.3 Å². The molecule has 3 aromatic rings. The second kappa shape index (κ2) is 10.8. The first-order valence-corrected chi connectivity index (χ1v) is 12.8. The minimum Gasteiger partial charge on any atom is -0.362 e. The summed E-state index contributed by atoms with van der Waals surface area (Å²) in [7, 11) is 0. The molecule has 3 heterocycles. The van der Waals surface area contributed by atoms with Crippen molar-refractivity contribution in [1.82, 2.24) is 9.55 Å². The van der Waals surface area contributed by atoms with Gasteiger partial charge in [0.1, 0.15) is 0 Å². The maximum atomic E-state index is 12.9. The number of carbonyl (C=O) groups excluding carboxylic acids is 2. The fourth-order valence-electron chi connectivity index (χ4n) is 5.16. The highest BCUT2D eigenvalue weighted by molar-refractivity contribution is 6.34. The predicted molar refractivity (Wildman–Crippen MR) is 144 cm³/mol. The second-order valence-electron chi connectivity index (χ2n) is 9.69. The van der Waals surface area contributed by atoms with E-state index in [1.807, 2.05) is 60.8 Å². The summed E-state index contributed by atoms with van der Waals surface area (Å²) in [5.41, 5.74) is 4.20. The summed E-state index contributed by atoms with van der Waals surface area (Å²) < 4.78 is 1.72. The van der Waals surface area contributed by atoms with Crippen LogP contribution in [0.5, 0.6) is 0 Å². The van der Waals surface area contributed by atoms with Crippen LogP contribution in [0.25, 0.3) is 17.7 Å². The molecule has 1 saturated carbocycles. The lowest BCUT2D eigenvalue weighted by atomic mass is 9.89. The Hall–Kier alpha value is -3.93. The molecule has 36 heavy (non-hydrogen) atoms. The maximum Gasteiger partial charge on any atom is 0.261 e. The van der Waals surface area contributed by atoms with Gasteiger partial charge in [0.2, 0.25) is 0 Å². The van der Waals surface area contributed by atoms with E-state index in [9.17, 15) is 14.4 Å². The Kier molecular flexibility index (Phi) is 7.12. The molecule has 0 bridgehead atoms. The molecule has 1 aromatic carbocycles. The van der Waals surface area contributed by atoms with Crippen LogP contribution in [0.3, 0.4) is 0 Å². The van der Waals surface area contributed by atoms with Gasteiger partial charge in [-0.1, -0.05) is 43.5 Å². The van der Waals surface area contributed by atoms with E-state index in [2.05, 4.69) is 10.3 Å². The lowest BCUT2D eigenvalue weighted by Gasteiger charge is -2.22. The fourth-order valence-corrected chi connectivity index (χ4v) is 5.16. The molecule has 184 valence electrons. The molecule has 0 atom stereocenters. The summed E-state index contributed by atoms with van der Waals surface area (Å²) in [6.45, 7) is 0.705. The molecular formula is C30H31N3O3. The first kappa shape index (κ1) is 23.8. The molecule has 1 fully saturated rings. The minimum atomic E-state index is -0.172. The molecule has 2 aliphatic rings. The van der Waals surface area contributed by atoms with Crippen molar-refractivity contribution in [3.8, 4) is 0 Å². The van der Waals surface area contributed by atoms with Crippen LogP contribution in [0, 0.1) is 5.92 Å². The van der Waals surface area contributed by atoms with Gasteiger partial charge in [-0.25, -0.2) is 0 Å². The highest BCUT2D eigenvalue weighted by Gasteiger charge is 2.24. The van der Waals surface area contributed by atoms with Crippen LogP contribution in [0.15, 0.2) is 65.7 Å². The Balaban J connectivity index is 1.20. The van der Waals surface area contributed by atoms with E-state index >= 15 is 0 Å². The van der Waals surface area contributed by atoms with E-state index < -0.39 is 0 Å². The average Bonchev–Trinajstić information content (AvgIpc) is 3.51.